The Morgan fingerprint density at radius 2 is 1.82 bits per heavy atom. The van der Waals surface area contributed by atoms with Gasteiger partial charge in [-0.1, -0.05) is 42.5 Å². The number of hydrogen-bond donors (Lipinski definition) is 3. The number of rotatable bonds is 5. The summed E-state index contributed by atoms with van der Waals surface area (Å²) in [6.45, 7) is 2.36. The fourth-order valence-corrected chi connectivity index (χ4v) is 4.64. The van der Waals surface area contributed by atoms with Gasteiger partial charge in [0.25, 0.3) is 5.91 Å². The van der Waals surface area contributed by atoms with E-state index in [1.807, 2.05) is 60.1 Å². The number of carbonyl (C=O) groups is 1. The van der Waals surface area contributed by atoms with Crippen LogP contribution in [0.1, 0.15) is 53.2 Å². The van der Waals surface area contributed by atoms with Crippen molar-refractivity contribution in [1.29, 1.82) is 0 Å². The van der Waals surface area contributed by atoms with Crippen LogP contribution < -0.4 is 11.1 Å². The molecule has 0 unspecified atom stereocenters. The van der Waals surface area contributed by atoms with Crippen LogP contribution >= 0.6 is 0 Å². The van der Waals surface area contributed by atoms with Crippen LogP contribution in [-0.4, -0.2) is 36.9 Å². The third kappa shape index (κ3) is 4.24. The van der Waals surface area contributed by atoms with Crippen molar-refractivity contribution in [2.24, 2.45) is 0 Å². The highest BCUT2D eigenvalue weighted by Gasteiger charge is 2.26. The number of nitrogens with one attached hydrogen (secondary N) is 1. The fourth-order valence-electron chi connectivity index (χ4n) is 4.64. The van der Waals surface area contributed by atoms with E-state index >= 15 is 0 Å². The number of aliphatic hydroxyl groups excluding tert-OH is 1. The summed E-state index contributed by atoms with van der Waals surface area (Å²) in [6.07, 6.45) is 4.44. The van der Waals surface area contributed by atoms with Crippen LogP contribution in [0.25, 0.3) is 22.3 Å². The summed E-state index contributed by atoms with van der Waals surface area (Å²) in [7, 11) is 0. The number of aryl methyl sites for hydroxylation is 1. The van der Waals surface area contributed by atoms with Crippen LogP contribution in [0.2, 0.25) is 0 Å². The zero-order valence-electron chi connectivity index (χ0n) is 19.1. The van der Waals surface area contributed by atoms with Gasteiger partial charge in [-0.15, -0.1) is 0 Å². The van der Waals surface area contributed by atoms with Crippen molar-refractivity contribution in [3.63, 3.8) is 0 Å². The smallest absolute Gasteiger partial charge is 0.251 e. The minimum absolute atomic E-state index is 0.0885. The maximum absolute atomic E-state index is 12.5. The lowest BCUT2D eigenvalue weighted by Gasteiger charge is -2.25. The Bertz CT molecular complexity index is 1320. The van der Waals surface area contributed by atoms with Gasteiger partial charge in [0.15, 0.2) is 5.65 Å². The summed E-state index contributed by atoms with van der Waals surface area (Å²) in [5.41, 5.74) is 11.2. The molecule has 0 aliphatic heterocycles. The van der Waals surface area contributed by atoms with Gasteiger partial charge in [0.1, 0.15) is 17.8 Å². The van der Waals surface area contributed by atoms with Crippen LogP contribution in [0, 0.1) is 6.92 Å². The van der Waals surface area contributed by atoms with Crippen LogP contribution in [-0.2, 0) is 6.54 Å². The molecule has 8 heteroatoms. The first kappa shape index (κ1) is 22.0. The third-order valence-corrected chi connectivity index (χ3v) is 6.60. The Morgan fingerprint density at radius 3 is 2.56 bits per heavy atom. The molecule has 2 heterocycles. The third-order valence-electron chi connectivity index (χ3n) is 6.60. The van der Waals surface area contributed by atoms with Crippen molar-refractivity contribution in [3.05, 3.63) is 71.5 Å². The zero-order chi connectivity index (χ0) is 23.7. The molecule has 174 valence electrons. The average Bonchev–Trinajstić information content (AvgIpc) is 3.25. The summed E-state index contributed by atoms with van der Waals surface area (Å²) in [5, 5.41) is 18.5. The molecule has 0 atom stereocenters. The molecule has 0 spiro atoms. The summed E-state index contributed by atoms with van der Waals surface area (Å²) in [6, 6.07) is 15.6. The lowest BCUT2D eigenvalue weighted by atomic mass is 9.93. The number of nitrogen functional groups attached to an aromatic ring is 1. The molecule has 2 aromatic carbocycles. The molecule has 1 amide bonds. The number of hydrogen-bond acceptors (Lipinski definition) is 6. The predicted molar refractivity (Wildman–Crippen MR) is 131 cm³/mol. The van der Waals surface area contributed by atoms with Gasteiger partial charge < -0.3 is 16.2 Å². The van der Waals surface area contributed by atoms with E-state index in [1.165, 1.54) is 6.33 Å². The largest absolute Gasteiger partial charge is 0.393 e. The second kappa shape index (κ2) is 9.23. The van der Waals surface area contributed by atoms with Gasteiger partial charge >= 0.3 is 0 Å². The van der Waals surface area contributed by atoms with E-state index in [9.17, 15) is 9.90 Å². The van der Waals surface area contributed by atoms with E-state index in [0.29, 0.717) is 17.9 Å². The van der Waals surface area contributed by atoms with Gasteiger partial charge in [-0.3, -0.25) is 4.79 Å². The average molecular weight is 457 g/mol. The molecule has 4 N–H and O–H groups in total. The Kier molecular flexibility index (Phi) is 5.98. The summed E-state index contributed by atoms with van der Waals surface area (Å²) in [5.74, 6) is 0.311. The molecular formula is C26H28N6O2. The summed E-state index contributed by atoms with van der Waals surface area (Å²) in [4.78, 5) is 21.2. The quantitative estimate of drug-likeness (QED) is 0.420. The molecule has 1 fully saturated rings. The van der Waals surface area contributed by atoms with Gasteiger partial charge in [-0.2, -0.15) is 5.10 Å². The molecule has 0 bridgehead atoms. The number of anilines is 1. The summed E-state index contributed by atoms with van der Waals surface area (Å²) >= 11 is 0. The van der Waals surface area contributed by atoms with Gasteiger partial charge in [0.2, 0.25) is 0 Å². The van der Waals surface area contributed by atoms with E-state index in [1.54, 1.807) is 0 Å². The first-order chi connectivity index (χ1) is 16.5. The Hall–Kier alpha value is -3.78. The van der Waals surface area contributed by atoms with Gasteiger partial charge in [0, 0.05) is 17.7 Å². The lowest BCUT2D eigenvalue weighted by Crippen LogP contribution is -2.23. The first-order valence-corrected chi connectivity index (χ1v) is 11.6. The molecule has 4 aromatic rings. The molecule has 1 saturated carbocycles. The molecule has 0 saturated heterocycles. The normalized spacial score (nSPS) is 18.2. The number of aromatic nitrogens is 4. The number of fused-ring (bicyclic) bond motifs is 1. The minimum atomic E-state index is -0.240. The second-order valence-electron chi connectivity index (χ2n) is 8.91. The van der Waals surface area contributed by atoms with Crippen molar-refractivity contribution in [2.75, 3.05) is 5.73 Å². The number of nitrogens with zero attached hydrogens (tertiary/aromatic N) is 4. The van der Waals surface area contributed by atoms with Crippen LogP contribution in [0.3, 0.4) is 0 Å². The highest BCUT2D eigenvalue weighted by atomic mass is 16.3. The molecular weight excluding hydrogens is 428 g/mol. The van der Waals surface area contributed by atoms with Gasteiger partial charge in [-0.25, -0.2) is 14.6 Å². The van der Waals surface area contributed by atoms with E-state index < -0.39 is 0 Å². The molecule has 0 radical (unpaired) electrons. The first-order valence-electron chi connectivity index (χ1n) is 11.6. The summed E-state index contributed by atoms with van der Waals surface area (Å²) < 4.78 is 1.95. The zero-order valence-corrected chi connectivity index (χ0v) is 19.1. The second-order valence-corrected chi connectivity index (χ2v) is 8.91. The number of nitrogens with two attached hydrogens (primary N) is 1. The number of aliphatic hydroxyl groups is 1. The predicted octanol–water partition coefficient (Wildman–Crippen LogP) is 3.79. The maximum Gasteiger partial charge on any atom is 0.251 e. The standard InChI is InChI=1S/C26H28N6O2/c1-16-4-2-3-5-21(16)26(34)28-14-17-6-8-18(9-7-17)23-22-24(27)29-15-30-25(22)32(31-23)19-10-12-20(33)13-11-19/h2-9,15,19-20,33H,10-14H2,1H3,(H,28,34)(H2,27,29,30). The highest BCUT2D eigenvalue weighted by Crippen LogP contribution is 2.35. The van der Waals surface area contributed by atoms with Gasteiger partial charge in [-0.05, 0) is 49.8 Å². The van der Waals surface area contributed by atoms with E-state index in [0.717, 1.165) is 59.1 Å². The SMILES string of the molecule is Cc1ccccc1C(=O)NCc1ccc(-c2nn(C3CCC(O)CC3)c3ncnc(N)c23)cc1. The molecule has 5 rings (SSSR count). The molecule has 8 nitrogen and oxygen atoms in total. The van der Waals surface area contributed by atoms with Crippen molar-refractivity contribution in [3.8, 4) is 11.3 Å². The lowest BCUT2D eigenvalue weighted by molar-refractivity contribution is 0.0950. The Labute approximate surface area is 197 Å². The van der Waals surface area contributed by atoms with Crippen molar-refractivity contribution < 1.29 is 9.90 Å². The van der Waals surface area contributed by atoms with E-state index in [4.69, 9.17) is 10.8 Å². The van der Waals surface area contributed by atoms with Crippen molar-refractivity contribution in [1.82, 2.24) is 25.1 Å². The fraction of sp³-hybridized carbons (Fsp3) is 0.308. The molecule has 34 heavy (non-hydrogen) atoms. The minimum Gasteiger partial charge on any atom is -0.393 e. The number of amides is 1. The van der Waals surface area contributed by atoms with Crippen LogP contribution in [0.5, 0.6) is 0 Å². The number of carbonyl (C=O) groups excluding carboxylic acids is 1. The Balaban J connectivity index is 1.39. The van der Waals surface area contributed by atoms with Crippen LogP contribution in [0.15, 0.2) is 54.9 Å². The van der Waals surface area contributed by atoms with E-state index in [2.05, 4.69) is 15.3 Å². The monoisotopic (exact) mass is 456 g/mol. The maximum atomic E-state index is 12.5. The van der Waals surface area contributed by atoms with Crippen LogP contribution in [0.4, 0.5) is 5.82 Å². The van der Waals surface area contributed by atoms with E-state index in [-0.39, 0.29) is 18.1 Å². The molecule has 1 aliphatic carbocycles. The topological polar surface area (TPSA) is 119 Å². The Morgan fingerprint density at radius 1 is 1.09 bits per heavy atom. The molecule has 1 aliphatic rings. The van der Waals surface area contributed by atoms with Crippen molar-refractivity contribution >= 4 is 22.8 Å². The van der Waals surface area contributed by atoms with Gasteiger partial charge in [0.05, 0.1) is 17.5 Å². The molecule has 2 aromatic heterocycles. The van der Waals surface area contributed by atoms with Crippen molar-refractivity contribution in [2.45, 2.75) is 51.3 Å². The highest BCUT2D eigenvalue weighted by molar-refractivity contribution is 5.98. The number of benzene rings is 2.